The highest BCUT2D eigenvalue weighted by atomic mass is 35.5. The SMILES string of the molecule is CON(C)S(=O)(=O)c1cc(C(=O)OCc2ccc([N+](=O)[O-])cc2)ccc1Cl. The number of sulfonamides is 1. The van der Waals surface area contributed by atoms with Gasteiger partial charge in [-0.15, -0.1) is 0 Å². The number of rotatable bonds is 7. The van der Waals surface area contributed by atoms with Crippen LogP contribution in [0.15, 0.2) is 47.4 Å². The highest BCUT2D eigenvalue weighted by Crippen LogP contribution is 2.26. The van der Waals surface area contributed by atoms with Crippen molar-refractivity contribution in [3.05, 3.63) is 68.7 Å². The smallest absolute Gasteiger partial charge is 0.338 e. The minimum absolute atomic E-state index is 0.0237. The van der Waals surface area contributed by atoms with E-state index in [1.165, 1.54) is 50.6 Å². The van der Waals surface area contributed by atoms with Crippen molar-refractivity contribution in [1.82, 2.24) is 4.47 Å². The van der Waals surface area contributed by atoms with Gasteiger partial charge in [0.15, 0.2) is 0 Å². The molecule has 0 N–H and O–H groups in total. The number of halogens is 1. The van der Waals surface area contributed by atoms with Gasteiger partial charge >= 0.3 is 5.97 Å². The third kappa shape index (κ3) is 4.80. The van der Waals surface area contributed by atoms with Crippen molar-refractivity contribution in [3.8, 4) is 0 Å². The van der Waals surface area contributed by atoms with Crippen LogP contribution in [-0.2, 0) is 26.2 Å². The Hall–Kier alpha value is -2.53. The number of carbonyl (C=O) groups is 1. The molecule has 11 heteroatoms. The molecule has 9 nitrogen and oxygen atoms in total. The summed E-state index contributed by atoms with van der Waals surface area (Å²) in [4.78, 5) is 26.7. The first-order valence-corrected chi connectivity index (χ1v) is 9.21. The minimum Gasteiger partial charge on any atom is -0.457 e. The van der Waals surface area contributed by atoms with Crippen molar-refractivity contribution in [2.45, 2.75) is 11.5 Å². The maximum Gasteiger partial charge on any atom is 0.338 e. The Balaban J connectivity index is 2.17. The van der Waals surface area contributed by atoms with Gasteiger partial charge in [0.25, 0.3) is 15.7 Å². The van der Waals surface area contributed by atoms with E-state index in [1.807, 2.05) is 0 Å². The van der Waals surface area contributed by atoms with Gasteiger partial charge in [0.2, 0.25) is 0 Å². The minimum atomic E-state index is -4.05. The molecule has 144 valence electrons. The van der Waals surface area contributed by atoms with Crippen LogP contribution in [0.5, 0.6) is 0 Å². The monoisotopic (exact) mass is 414 g/mol. The standard InChI is InChI=1S/C16H15ClN2O7S/c1-18(25-2)27(23,24)15-9-12(5-8-14(15)17)16(20)26-10-11-3-6-13(7-4-11)19(21)22/h3-9H,10H2,1-2H3. The average Bonchev–Trinajstić information content (AvgIpc) is 2.65. The lowest BCUT2D eigenvalue weighted by molar-refractivity contribution is -0.384. The molecule has 0 saturated heterocycles. The first-order valence-electron chi connectivity index (χ1n) is 7.40. The van der Waals surface area contributed by atoms with Crippen molar-refractivity contribution in [2.75, 3.05) is 14.2 Å². The number of hydrogen-bond donors (Lipinski definition) is 0. The number of hydroxylamine groups is 1. The van der Waals surface area contributed by atoms with E-state index in [-0.39, 0.29) is 27.8 Å². The van der Waals surface area contributed by atoms with E-state index >= 15 is 0 Å². The fourth-order valence-corrected chi connectivity index (χ4v) is 3.48. The molecule has 0 unspecified atom stereocenters. The third-order valence-corrected chi connectivity index (χ3v) is 5.72. The second-order valence-corrected chi connectivity index (χ2v) is 7.55. The molecule has 0 aliphatic heterocycles. The van der Waals surface area contributed by atoms with Crippen LogP contribution in [0, 0.1) is 10.1 Å². The number of nitro benzene ring substituents is 1. The number of nitro groups is 1. The summed E-state index contributed by atoms with van der Waals surface area (Å²) in [6.07, 6.45) is 0. The van der Waals surface area contributed by atoms with Gasteiger partial charge in [0, 0.05) is 19.2 Å². The molecule has 0 radical (unpaired) electrons. The lowest BCUT2D eigenvalue weighted by Gasteiger charge is -2.15. The van der Waals surface area contributed by atoms with Gasteiger partial charge in [-0.2, -0.15) is 0 Å². The zero-order valence-corrected chi connectivity index (χ0v) is 15.9. The lowest BCUT2D eigenvalue weighted by atomic mass is 10.2. The number of nitrogens with zero attached hydrogens (tertiary/aromatic N) is 2. The predicted octanol–water partition coefficient (Wildman–Crippen LogP) is 2.79. The molecule has 0 heterocycles. The van der Waals surface area contributed by atoms with Gasteiger partial charge in [-0.05, 0) is 35.9 Å². The van der Waals surface area contributed by atoms with Crippen LogP contribution in [-0.4, -0.2) is 37.9 Å². The van der Waals surface area contributed by atoms with Gasteiger partial charge in [-0.1, -0.05) is 16.1 Å². The topological polar surface area (TPSA) is 116 Å². The summed E-state index contributed by atoms with van der Waals surface area (Å²) in [5.41, 5.74) is 0.430. The molecule has 0 aliphatic carbocycles. The molecule has 0 fully saturated rings. The van der Waals surface area contributed by atoms with Crippen LogP contribution in [0.25, 0.3) is 0 Å². The van der Waals surface area contributed by atoms with Crippen molar-refractivity contribution in [3.63, 3.8) is 0 Å². The molecular formula is C16H15ClN2O7S. The summed E-state index contributed by atoms with van der Waals surface area (Å²) in [7, 11) is -1.69. The van der Waals surface area contributed by atoms with E-state index in [1.54, 1.807) is 0 Å². The van der Waals surface area contributed by atoms with Crippen molar-refractivity contribution in [1.29, 1.82) is 0 Å². The van der Waals surface area contributed by atoms with Gasteiger partial charge in [0.1, 0.15) is 11.5 Å². The summed E-state index contributed by atoms with van der Waals surface area (Å²) in [5.74, 6) is -0.776. The van der Waals surface area contributed by atoms with Gasteiger partial charge in [-0.3, -0.25) is 15.0 Å². The Labute approximate surface area is 160 Å². The Morgan fingerprint density at radius 3 is 2.41 bits per heavy atom. The van der Waals surface area contributed by atoms with Gasteiger partial charge < -0.3 is 4.74 Å². The molecule has 0 aromatic heterocycles. The van der Waals surface area contributed by atoms with E-state index in [2.05, 4.69) is 4.84 Å². The molecule has 0 bridgehead atoms. The molecule has 0 spiro atoms. The number of carbonyl (C=O) groups excluding carboxylic acids is 1. The van der Waals surface area contributed by atoms with Gasteiger partial charge in [0.05, 0.1) is 22.6 Å². The summed E-state index contributed by atoms with van der Waals surface area (Å²) < 4.78 is 30.4. The number of ether oxygens (including phenoxy) is 1. The van der Waals surface area contributed by atoms with Crippen LogP contribution in [0.3, 0.4) is 0 Å². The summed E-state index contributed by atoms with van der Waals surface area (Å²) in [6, 6.07) is 9.17. The Kier molecular flexibility index (Phi) is 6.50. The Bertz CT molecular complexity index is 961. The summed E-state index contributed by atoms with van der Waals surface area (Å²) >= 11 is 5.93. The second-order valence-electron chi connectivity index (χ2n) is 5.24. The number of non-ortho nitro benzene ring substituents is 1. The quantitative estimate of drug-likeness (QED) is 0.388. The number of esters is 1. The van der Waals surface area contributed by atoms with E-state index in [9.17, 15) is 23.3 Å². The molecule has 0 saturated carbocycles. The van der Waals surface area contributed by atoms with Crippen molar-refractivity contribution in [2.24, 2.45) is 0 Å². The van der Waals surface area contributed by atoms with E-state index < -0.39 is 20.9 Å². The summed E-state index contributed by atoms with van der Waals surface area (Å²) in [6.45, 7) is -0.139. The lowest BCUT2D eigenvalue weighted by Crippen LogP contribution is -2.26. The zero-order chi connectivity index (χ0) is 20.2. The van der Waals surface area contributed by atoms with Crippen LogP contribution < -0.4 is 0 Å². The van der Waals surface area contributed by atoms with E-state index in [0.717, 1.165) is 6.07 Å². The normalized spacial score (nSPS) is 11.4. The third-order valence-electron chi connectivity index (χ3n) is 3.56. The molecular weight excluding hydrogens is 400 g/mol. The van der Waals surface area contributed by atoms with Crippen molar-refractivity contribution < 1.29 is 27.7 Å². The van der Waals surface area contributed by atoms with Crippen LogP contribution in [0.2, 0.25) is 5.02 Å². The van der Waals surface area contributed by atoms with Crippen molar-refractivity contribution >= 4 is 33.3 Å². The fourth-order valence-electron chi connectivity index (χ4n) is 2.01. The largest absolute Gasteiger partial charge is 0.457 e. The Morgan fingerprint density at radius 2 is 1.85 bits per heavy atom. The molecule has 2 rings (SSSR count). The van der Waals surface area contributed by atoms with Crippen LogP contribution in [0.1, 0.15) is 15.9 Å². The number of hydrogen-bond acceptors (Lipinski definition) is 7. The molecule has 0 atom stereocenters. The molecule has 27 heavy (non-hydrogen) atoms. The van der Waals surface area contributed by atoms with Gasteiger partial charge in [-0.25, -0.2) is 13.2 Å². The summed E-state index contributed by atoms with van der Waals surface area (Å²) in [5, 5.41) is 10.5. The fraction of sp³-hybridized carbons (Fsp3) is 0.188. The van der Waals surface area contributed by atoms with E-state index in [4.69, 9.17) is 16.3 Å². The highest BCUT2D eigenvalue weighted by molar-refractivity contribution is 7.89. The first kappa shape index (κ1) is 20.8. The maximum absolute atomic E-state index is 12.3. The van der Waals surface area contributed by atoms with E-state index in [0.29, 0.717) is 10.0 Å². The Morgan fingerprint density at radius 1 is 1.22 bits per heavy atom. The molecule has 2 aromatic rings. The number of benzene rings is 2. The molecule has 0 aliphatic rings. The molecule has 2 aromatic carbocycles. The molecule has 0 amide bonds. The first-order chi connectivity index (χ1) is 12.7. The second kappa shape index (κ2) is 8.44. The maximum atomic E-state index is 12.3. The van der Waals surface area contributed by atoms with Crippen LogP contribution in [0.4, 0.5) is 5.69 Å². The zero-order valence-electron chi connectivity index (χ0n) is 14.3. The average molecular weight is 415 g/mol. The predicted molar refractivity (Wildman–Crippen MR) is 95.6 cm³/mol. The highest BCUT2D eigenvalue weighted by Gasteiger charge is 2.25. The van der Waals surface area contributed by atoms with Crippen LogP contribution >= 0.6 is 11.6 Å².